The third-order valence-electron chi connectivity index (χ3n) is 14.2. The third kappa shape index (κ3) is 6.29. The van der Waals surface area contributed by atoms with Crippen LogP contribution in [-0.4, -0.2) is 4.57 Å². The van der Waals surface area contributed by atoms with Crippen LogP contribution in [0.5, 0.6) is 0 Å². The standard InChI is InChI=1S/C66H42N2O/c1-2-17-54-52(15-1)53-16-3-4-18-55(53)60-42-49(40-41-56(54)60)67(47-36-32-44(33-37-47)43-28-30-46(31-29-43)51-22-13-27-65-66(51)59-21-8-12-26-64(59)69-65)48-38-34-45(35-39-48)50-14-5-9-23-61(50)68-62-24-10-6-19-57(62)58-20-7-11-25-63(58)68/h1-42H. The van der Waals surface area contributed by atoms with Crippen molar-refractivity contribution in [2.45, 2.75) is 0 Å². The fourth-order valence-corrected chi connectivity index (χ4v) is 11.0. The van der Waals surface area contributed by atoms with E-state index in [9.17, 15) is 0 Å². The van der Waals surface area contributed by atoms with Crippen molar-refractivity contribution < 1.29 is 4.42 Å². The van der Waals surface area contributed by atoms with Crippen LogP contribution in [0.1, 0.15) is 0 Å². The maximum absolute atomic E-state index is 6.22. The Balaban J connectivity index is 0.877. The Morgan fingerprint density at radius 3 is 1.33 bits per heavy atom. The summed E-state index contributed by atoms with van der Waals surface area (Å²) >= 11 is 0. The topological polar surface area (TPSA) is 21.3 Å². The Morgan fingerprint density at radius 2 is 0.696 bits per heavy atom. The summed E-state index contributed by atoms with van der Waals surface area (Å²) in [5, 5.41) is 12.3. The minimum absolute atomic E-state index is 0.907. The highest BCUT2D eigenvalue weighted by molar-refractivity contribution is 6.26. The van der Waals surface area contributed by atoms with Gasteiger partial charge in [-0.25, -0.2) is 0 Å². The zero-order valence-electron chi connectivity index (χ0n) is 37.6. The molecule has 2 heterocycles. The summed E-state index contributed by atoms with van der Waals surface area (Å²) < 4.78 is 8.64. The molecule has 0 aliphatic rings. The predicted octanol–water partition coefficient (Wildman–Crippen LogP) is 18.6. The summed E-state index contributed by atoms with van der Waals surface area (Å²) in [7, 11) is 0. The number of nitrogens with zero attached hydrogens (tertiary/aromatic N) is 2. The van der Waals surface area contributed by atoms with E-state index in [2.05, 4.69) is 252 Å². The minimum Gasteiger partial charge on any atom is -0.456 e. The molecule has 0 atom stereocenters. The number of furan rings is 1. The molecule has 69 heavy (non-hydrogen) atoms. The van der Waals surface area contributed by atoms with Gasteiger partial charge in [-0.15, -0.1) is 0 Å². The van der Waals surface area contributed by atoms with Gasteiger partial charge in [-0.3, -0.25) is 0 Å². The molecule has 0 aliphatic heterocycles. The van der Waals surface area contributed by atoms with Gasteiger partial charge in [0.25, 0.3) is 0 Å². The Bertz CT molecular complexity index is 4200. The number of rotatable bonds is 7. The van der Waals surface area contributed by atoms with E-state index in [-0.39, 0.29) is 0 Å². The smallest absolute Gasteiger partial charge is 0.136 e. The van der Waals surface area contributed by atoms with Gasteiger partial charge in [-0.05, 0) is 127 Å². The van der Waals surface area contributed by atoms with E-state index in [0.29, 0.717) is 0 Å². The predicted molar refractivity (Wildman–Crippen MR) is 292 cm³/mol. The molecule has 0 amide bonds. The van der Waals surface area contributed by atoms with Crippen LogP contribution in [0.4, 0.5) is 17.1 Å². The van der Waals surface area contributed by atoms with Gasteiger partial charge in [-0.2, -0.15) is 0 Å². The largest absolute Gasteiger partial charge is 0.456 e. The summed E-state index contributed by atoms with van der Waals surface area (Å²) in [6.07, 6.45) is 0. The molecule has 3 nitrogen and oxygen atoms in total. The second-order valence-electron chi connectivity index (χ2n) is 18.0. The fourth-order valence-electron chi connectivity index (χ4n) is 11.0. The zero-order chi connectivity index (χ0) is 45.4. The Labute approximate surface area is 399 Å². The molecule has 0 unspecified atom stereocenters. The SMILES string of the molecule is c1ccc(-n2c3ccccc3c3ccccc32)c(-c2ccc(N(c3ccc(-c4ccc(-c5cccc6oc7ccccc7c56)cc4)cc3)c3ccc4c5ccccc5c5ccccc5c4c3)cc2)c1. The third-order valence-corrected chi connectivity index (χ3v) is 14.2. The molecular weight excluding hydrogens is 837 g/mol. The minimum atomic E-state index is 0.907. The van der Waals surface area contributed by atoms with E-state index in [4.69, 9.17) is 4.42 Å². The number of anilines is 3. The molecule has 322 valence electrons. The summed E-state index contributed by atoms with van der Waals surface area (Å²) in [5.74, 6) is 0. The molecule has 0 bridgehead atoms. The highest BCUT2D eigenvalue weighted by Gasteiger charge is 2.19. The monoisotopic (exact) mass is 878 g/mol. The lowest BCUT2D eigenvalue weighted by Gasteiger charge is -2.27. The van der Waals surface area contributed by atoms with E-state index >= 15 is 0 Å². The fraction of sp³-hybridized carbons (Fsp3) is 0. The van der Waals surface area contributed by atoms with Gasteiger partial charge in [0.05, 0.1) is 16.7 Å². The van der Waals surface area contributed by atoms with Gasteiger partial charge < -0.3 is 13.9 Å². The molecule has 0 aliphatic carbocycles. The van der Waals surface area contributed by atoms with Crippen molar-refractivity contribution in [1.82, 2.24) is 4.57 Å². The van der Waals surface area contributed by atoms with E-state index in [1.807, 2.05) is 12.1 Å². The molecular formula is C66H42N2O. The summed E-state index contributed by atoms with van der Waals surface area (Å²) in [4.78, 5) is 2.40. The van der Waals surface area contributed by atoms with Gasteiger partial charge in [-0.1, -0.05) is 188 Å². The molecule has 14 rings (SSSR count). The highest BCUT2D eigenvalue weighted by atomic mass is 16.3. The van der Waals surface area contributed by atoms with Crippen LogP contribution in [0.2, 0.25) is 0 Å². The van der Waals surface area contributed by atoms with Crippen molar-refractivity contribution in [3.63, 3.8) is 0 Å². The van der Waals surface area contributed by atoms with E-state index in [0.717, 1.165) is 66.9 Å². The Kier molecular flexibility index (Phi) is 8.90. The van der Waals surface area contributed by atoms with Gasteiger partial charge >= 0.3 is 0 Å². The molecule has 0 spiro atoms. The molecule has 3 heteroatoms. The maximum Gasteiger partial charge on any atom is 0.136 e. The molecule has 0 saturated carbocycles. The molecule has 0 saturated heterocycles. The number of hydrogen-bond acceptors (Lipinski definition) is 2. The van der Waals surface area contributed by atoms with Crippen molar-refractivity contribution in [1.29, 1.82) is 0 Å². The number of fused-ring (bicyclic) bond motifs is 12. The van der Waals surface area contributed by atoms with Crippen LogP contribution in [-0.2, 0) is 0 Å². The zero-order valence-corrected chi connectivity index (χ0v) is 37.6. The van der Waals surface area contributed by atoms with Crippen molar-refractivity contribution in [3.8, 4) is 39.1 Å². The first kappa shape index (κ1) is 39.0. The lowest BCUT2D eigenvalue weighted by Crippen LogP contribution is -2.10. The lowest BCUT2D eigenvalue weighted by molar-refractivity contribution is 0.669. The first-order chi connectivity index (χ1) is 34.2. The van der Waals surface area contributed by atoms with Crippen molar-refractivity contribution in [3.05, 3.63) is 255 Å². The summed E-state index contributed by atoms with van der Waals surface area (Å²) in [6.45, 7) is 0. The van der Waals surface area contributed by atoms with Crippen LogP contribution < -0.4 is 4.90 Å². The van der Waals surface area contributed by atoms with Crippen LogP contribution >= 0.6 is 0 Å². The first-order valence-electron chi connectivity index (χ1n) is 23.7. The quantitative estimate of drug-likeness (QED) is 0.149. The molecule has 14 aromatic rings. The van der Waals surface area contributed by atoms with Crippen LogP contribution in [0.3, 0.4) is 0 Å². The second-order valence-corrected chi connectivity index (χ2v) is 18.0. The molecule has 0 fully saturated rings. The Morgan fingerprint density at radius 1 is 0.275 bits per heavy atom. The molecule has 2 aromatic heterocycles. The van der Waals surface area contributed by atoms with Crippen LogP contribution in [0.15, 0.2) is 259 Å². The van der Waals surface area contributed by atoms with Crippen molar-refractivity contribution in [2.75, 3.05) is 4.90 Å². The summed E-state index contributed by atoms with van der Waals surface area (Å²) in [6, 6.07) is 92.5. The Hall–Kier alpha value is -9.18. The number of benzene rings is 12. The van der Waals surface area contributed by atoms with Crippen LogP contribution in [0.25, 0.3) is 115 Å². The number of hydrogen-bond donors (Lipinski definition) is 0. The lowest BCUT2D eigenvalue weighted by atomic mass is 9.94. The number of para-hydroxylation sites is 4. The normalized spacial score (nSPS) is 11.8. The average Bonchev–Trinajstić information content (AvgIpc) is 3.98. The number of aromatic nitrogens is 1. The van der Waals surface area contributed by atoms with Crippen molar-refractivity contribution in [2.24, 2.45) is 0 Å². The molecule has 0 N–H and O–H groups in total. The average molecular weight is 879 g/mol. The van der Waals surface area contributed by atoms with Gasteiger partial charge in [0.2, 0.25) is 0 Å². The van der Waals surface area contributed by atoms with E-state index < -0.39 is 0 Å². The van der Waals surface area contributed by atoms with Crippen molar-refractivity contribution >= 4 is 93.1 Å². The summed E-state index contributed by atoms with van der Waals surface area (Å²) in [5.41, 5.74) is 15.6. The van der Waals surface area contributed by atoms with E-state index in [1.54, 1.807) is 0 Å². The highest BCUT2D eigenvalue weighted by Crippen LogP contribution is 2.43. The van der Waals surface area contributed by atoms with Gasteiger partial charge in [0.15, 0.2) is 0 Å². The maximum atomic E-state index is 6.22. The molecule has 12 aromatic carbocycles. The first-order valence-corrected chi connectivity index (χ1v) is 23.7. The second kappa shape index (κ2) is 15.7. The van der Waals surface area contributed by atoms with E-state index in [1.165, 1.54) is 65.3 Å². The van der Waals surface area contributed by atoms with Gasteiger partial charge in [0.1, 0.15) is 11.2 Å². The van der Waals surface area contributed by atoms with Crippen LogP contribution in [0, 0.1) is 0 Å². The van der Waals surface area contributed by atoms with Gasteiger partial charge in [0, 0.05) is 44.2 Å². The molecule has 0 radical (unpaired) electrons.